The van der Waals surface area contributed by atoms with E-state index in [4.69, 9.17) is 11.6 Å². The third kappa shape index (κ3) is 2.99. The molecule has 22 heavy (non-hydrogen) atoms. The van der Waals surface area contributed by atoms with Crippen LogP contribution < -0.4 is 0 Å². The number of sulfonamides is 1. The smallest absolute Gasteiger partial charge is 0.264 e. The standard InChI is InChI=1S/C14H15ClN2O3S2/c1-22(19,20)17-7-5-16(6-8-17)14(18)13-9-10-11(15)3-2-4-12(10)21-13/h2-4,9H,5-8H2,1H3. The van der Waals surface area contributed by atoms with E-state index in [1.807, 2.05) is 18.2 Å². The Hall–Kier alpha value is -1.15. The van der Waals surface area contributed by atoms with Crippen LogP contribution >= 0.6 is 22.9 Å². The number of hydrogen-bond acceptors (Lipinski definition) is 4. The summed E-state index contributed by atoms with van der Waals surface area (Å²) in [5.74, 6) is -0.0644. The van der Waals surface area contributed by atoms with Gasteiger partial charge in [-0.1, -0.05) is 17.7 Å². The van der Waals surface area contributed by atoms with Crippen LogP contribution in [0.1, 0.15) is 9.67 Å². The van der Waals surface area contributed by atoms with Gasteiger partial charge in [0.15, 0.2) is 0 Å². The lowest BCUT2D eigenvalue weighted by atomic mass is 10.2. The fraction of sp³-hybridized carbons (Fsp3) is 0.357. The first-order valence-electron chi connectivity index (χ1n) is 6.79. The van der Waals surface area contributed by atoms with Gasteiger partial charge < -0.3 is 4.90 Å². The van der Waals surface area contributed by atoms with Crippen molar-refractivity contribution in [2.75, 3.05) is 32.4 Å². The van der Waals surface area contributed by atoms with Gasteiger partial charge in [-0.05, 0) is 18.2 Å². The Labute approximate surface area is 138 Å². The van der Waals surface area contributed by atoms with E-state index in [9.17, 15) is 13.2 Å². The number of hydrogen-bond donors (Lipinski definition) is 0. The number of carbonyl (C=O) groups is 1. The zero-order chi connectivity index (χ0) is 15.9. The van der Waals surface area contributed by atoms with Crippen LogP contribution in [0.15, 0.2) is 24.3 Å². The zero-order valence-corrected chi connectivity index (χ0v) is 14.3. The maximum Gasteiger partial charge on any atom is 0.264 e. The molecule has 0 atom stereocenters. The van der Waals surface area contributed by atoms with Crippen LogP contribution in [0.25, 0.3) is 10.1 Å². The van der Waals surface area contributed by atoms with Crippen molar-refractivity contribution in [3.8, 4) is 0 Å². The average molecular weight is 359 g/mol. The van der Waals surface area contributed by atoms with E-state index in [-0.39, 0.29) is 5.91 Å². The summed E-state index contributed by atoms with van der Waals surface area (Å²) < 4.78 is 25.4. The highest BCUT2D eigenvalue weighted by molar-refractivity contribution is 7.88. The number of fused-ring (bicyclic) bond motifs is 1. The van der Waals surface area contributed by atoms with Gasteiger partial charge >= 0.3 is 0 Å². The van der Waals surface area contributed by atoms with E-state index in [1.165, 1.54) is 21.9 Å². The van der Waals surface area contributed by atoms with E-state index in [0.29, 0.717) is 36.1 Å². The van der Waals surface area contributed by atoms with Crippen LogP contribution in [0.2, 0.25) is 5.02 Å². The minimum atomic E-state index is -3.19. The van der Waals surface area contributed by atoms with E-state index in [2.05, 4.69) is 0 Å². The normalized spacial score (nSPS) is 17.1. The molecular formula is C14H15ClN2O3S2. The number of benzene rings is 1. The number of carbonyl (C=O) groups excluding carboxylic acids is 1. The summed E-state index contributed by atoms with van der Waals surface area (Å²) >= 11 is 7.55. The molecule has 1 saturated heterocycles. The minimum absolute atomic E-state index is 0.0644. The van der Waals surface area contributed by atoms with Crippen molar-refractivity contribution in [3.05, 3.63) is 34.2 Å². The molecule has 0 bridgehead atoms. The topological polar surface area (TPSA) is 57.7 Å². The Morgan fingerprint density at radius 2 is 1.91 bits per heavy atom. The monoisotopic (exact) mass is 358 g/mol. The van der Waals surface area contributed by atoms with Crippen LogP contribution in [0.5, 0.6) is 0 Å². The molecule has 118 valence electrons. The Kier molecular flexibility index (Phi) is 4.15. The van der Waals surface area contributed by atoms with Crippen molar-refractivity contribution < 1.29 is 13.2 Å². The summed E-state index contributed by atoms with van der Waals surface area (Å²) in [6.07, 6.45) is 1.19. The van der Waals surface area contributed by atoms with Crippen molar-refractivity contribution in [2.24, 2.45) is 0 Å². The maximum atomic E-state index is 12.6. The number of halogens is 1. The minimum Gasteiger partial charge on any atom is -0.335 e. The first-order valence-corrected chi connectivity index (χ1v) is 9.83. The summed E-state index contributed by atoms with van der Waals surface area (Å²) in [4.78, 5) is 14.9. The number of amides is 1. The van der Waals surface area contributed by atoms with Crippen molar-refractivity contribution in [2.45, 2.75) is 0 Å². The van der Waals surface area contributed by atoms with E-state index in [0.717, 1.165) is 10.1 Å². The Balaban J connectivity index is 1.78. The predicted octanol–water partition coefficient (Wildman–Crippen LogP) is 2.27. The molecule has 0 aliphatic carbocycles. The van der Waals surface area contributed by atoms with Gasteiger partial charge in [0.2, 0.25) is 10.0 Å². The van der Waals surface area contributed by atoms with Gasteiger partial charge in [-0.3, -0.25) is 4.79 Å². The van der Waals surface area contributed by atoms with Gasteiger partial charge in [0.05, 0.1) is 11.1 Å². The molecule has 1 aromatic heterocycles. The number of rotatable bonds is 2. The van der Waals surface area contributed by atoms with Gasteiger partial charge in [-0.15, -0.1) is 11.3 Å². The van der Waals surface area contributed by atoms with E-state index >= 15 is 0 Å². The lowest BCUT2D eigenvalue weighted by Crippen LogP contribution is -2.50. The van der Waals surface area contributed by atoms with Crippen LogP contribution in [0.3, 0.4) is 0 Å². The summed E-state index contributed by atoms with van der Waals surface area (Å²) in [7, 11) is -3.19. The molecule has 5 nitrogen and oxygen atoms in total. The number of nitrogens with zero attached hydrogens (tertiary/aromatic N) is 2. The van der Waals surface area contributed by atoms with Crippen LogP contribution in [-0.4, -0.2) is 56.0 Å². The zero-order valence-electron chi connectivity index (χ0n) is 12.0. The molecule has 0 spiro atoms. The summed E-state index contributed by atoms with van der Waals surface area (Å²) in [6.45, 7) is 1.51. The molecule has 1 fully saturated rings. The van der Waals surface area contributed by atoms with Crippen molar-refractivity contribution in [1.82, 2.24) is 9.21 Å². The Morgan fingerprint density at radius 3 is 2.50 bits per heavy atom. The Morgan fingerprint density at radius 1 is 1.23 bits per heavy atom. The predicted molar refractivity (Wildman–Crippen MR) is 89.2 cm³/mol. The largest absolute Gasteiger partial charge is 0.335 e. The van der Waals surface area contributed by atoms with Gasteiger partial charge in [0.25, 0.3) is 5.91 Å². The highest BCUT2D eigenvalue weighted by Crippen LogP contribution is 2.31. The molecule has 2 heterocycles. The fourth-order valence-corrected chi connectivity index (χ4v) is 4.68. The molecule has 3 rings (SSSR count). The average Bonchev–Trinajstić information content (AvgIpc) is 2.91. The molecular weight excluding hydrogens is 344 g/mol. The summed E-state index contributed by atoms with van der Waals surface area (Å²) in [5, 5.41) is 1.52. The molecule has 1 amide bonds. The second-order valence-corrected chi connectivity index (χ2v) is 8.69. The van der Waals surface area contributed by atoms with Crippen molar-refractivity contribution >= 4 is 49.0 Å². The lowest BCUT2D eigenvalue weighted by Gasteiger charge is -2.32. The molecule has 1 aliphatic heterocycles. The van der Waals surface area contributed by atoms with E-state index < -0.39 is 10.0 Å². The molecule has 1 aromatic carbocycles. The van der Waals surface area contributed by atoms with Gasteiger partial charge in [-0.25, -0.2) is 8.42 Å². The second kappa shape index (κ2) is 5.81. The second-order valence-electron chi connectivity index (χ2n) is 5.22. The van der Waals surface area contributed by atoms with Gasteiger partial charge in [-0.2, -0.15) is 4.31 Å². The first-order chi connectivity index (χ1) is 10.4. The molecule has 2 aromatic rings. The third-order valence-electron chi connectivity index (χ3n) is 3.71. The quantitative estimate of drug-likeness (QED) is 0.827. The summed E-state index contributed by atoms with van der Waals surface area (Å²) in [5.41, 5.74) is 0. The van der Waals surface area contributed by atoms with E-state index in [1.54, 1.807) is 11.0 Å². The number of thiophene rings is 1. The number of piperazine rings is 1. The molecule has 0 saturated carbocycles. The van der Waals surface area contributed by atoms with Crippen LogP contribution in [0.4, 0.5) is 0 Å². The van der Waals surface area contributed by atoms with Gasteiger partial charge in [0.1, 0.15) is 0 Å². The molecule has 0 unspecified atom stereocenters. The molecule has 0 N–H and O–H groups in total. The van der Waals surface area contributed by atoms with Crippen LogP contribution in [0, 0.1) is 0 Å². The highest BCUT2D eigenvalue weighted by atomic mass is 35.5. The van der Waals surface area contributed by atoms with Crippen LogP contribution in [-0.2, 0) is 10.0 Å². The SMILES string of the molecule is CS(=O)(=O)N1CCN(C(=O)c2cc3c(Cl)cccc3s2)CC1. The highest BCUT2D eigenvalue weighted by Gasteiger charge is 2.27. The lowest BCUT2D eigenvalue weighted by molar-refractivity contribution is 0.0703. The fourth-order valence-electron chi connectivity index (χ4n) is 2.51. The molecule has 8 heteroatoms. The summed E-state index contributed by atoms with van der Waals surface area (Å²) in [6, 6.07) is 7.41. The van der Waals surface area contributed by atoms with Crippen molar-refractivity contribution in [3.63, 3.8) is 0 Å². The molecule has 0 radical (unpaired) electrons. The molecule has 1 aliphatic rings. The Bertz CT molecular complexity index is 824. The van der Waals surface area contributed by atoms with Crippen molar-refractivity contribution in [1.29, 1.82) is 0 Å². The maximum absolute atomic E-state index is 12.6. The van der Waals surface area contributed by atoms with Gasteiger partial charge in [0, 0.05) is 41.3 Å². The first kappa shape index (κ1) is 15.7. The third-order valence-corrected chi connectivity index (χ3v) is 6.43.